The average molecular weight is 223 g/mol. The lowest BCUT2D eigenvalue weighted by Gasteiger charge is -2.12. The van der Waals surface area contributed by atoms with Gasteiger partial charge in [-0.15, -0.1) is 0 Å². The first-order valence-corrected chi connectivity index (χ1v) is 5.58. The zero-order valence-electron chi connectivity index (χ0n) is 9.75. The predicted octanol–water partition coefficient (Wildman–Crippen LogP) is 1.15. The Morgan fingerprint density at radius 1 is 1.50 bits per heavy atom. The third kappa shape index (κ3) is 2.03. The van der Waals surface area contributed by atoms with E-state index in [1.165, 1.54) is 31.2 Å². The molecule has 1 aromatic heterocycles. The van der Waals surface area contributed by atoms with E-state index in [2.05, 4.69) is 15.2 Å². The molecule has 16 heavy (non-hydrogen) atoms. The molecule has 0 bridgehead atoms. The molecule has 0 atom stereocenters. The highest BCUT2D eigenvalue weighted by Gasteiger charge is 2.19. The largest absolute Gasteiger partial charge is 0.453 e. The maximum absolute atomic E-state index is 11.0. The molecule has 5 nitrogen and oxygen atoms in total. The molecule has 0 fully saturated rings. The zero-order chi connectivity index (χ0) is 11.5. The van der Waals surface area contributed by atoms with Gasteiger partial charge in [-0.3, -0.25) is 4.68 Å². The zero-order valence-corrected chi connectivity index (χ0v) is 9.75. The van der Waals surface area contributed by atoms with Crippen molar-refractivity contribution < 1.29 is 9.53 Å². The molecule has 1 N–H and O–H groups in total. The number of rotatable bonds is 2. The van der Waals surface area contributed by atoms with Gasteiger partial charge in [0.1, 0.15) is 0 Å². The SMILES string of the molecule is COC(=O)NCc1nn(C)c2c1CCCC2. The predicted molar refractivity (Wildman–Crippen MR) is 59.1 cm³/mol. The van der Waals surface area contributed by atoms with Crippen LogP contribution in [0, 0.1) is 0 Å². The van der Waals surface area contributed by atoms with Crippen LogP contribution in [0.3, 0.4) is 0 Å². The number of aryl methyl sites for hydroxylation is 1. The summed E-state index contributed by atoms with van der Waals surface area (Å²) in [6, 6.07) is 0. The molecule has 0 aliphatic heterocycles. The summed E-state index contributed by atoms with van der Waals surface area (Å²) in [5.74, 6) is 0. The molecule has 88 valence electrons. The van der Waals surface area contributed by atoms with E-state index >= 15 is 0 Å². The second-order valence-corrected chi connectivity index (χ2v) is 4.05. The van der Waals surface area contributed by atoms with Crippen molar-refractivity contribution in [3.63, 3.8) is 0 Å². The van der Waals surface area contributed by atoms with E-state index in [-0.39, 0.29) is 0 Å². The minimum Gasteiger partial charge on any atom is -0.453 e. The maximum Gasteiger partial charge on any atom is 0.407 e. The smallest absolute Gasteiger partial charge is 0.407 e. The Morgan fingerprint density at radius 3 is 3.00 bits per heavy atom. The Bertz CT molecular complexity index is 398. The van der Waals surface area contributed by atoms with Gasteiger partial charge in [-0.05, 0) is 31.2 Å². The topological polar surface area (TPSA) is 56.1 Å². The van der Waals surface area contributed by atoms with E-state index in [1.807, 2.05) is 11.7 Å². The van der Waals surface area contributed by atoms with Crippen LogP contribution in [0.25, 0.3) is 0 Å². The quantitative estimate of drug-likeness (QED) is 0.818. The number of aromatic nitrogens is 2. The van der Waals surface area contributed by atoms with Gasteiger partial charge in [0, 0.05) is 12.7 Å². The number of amides is 1. The summed E-state index contributed by atoms with van der Waals surface area (Å²) in [5.41, 5.74) is 3.60. The minimum atomic E-state index is -0.407. The summed E-state index contributed by atoms with van der Waals surface area (Å²) >= 11 is 0. The molecule has 1 heterocycles. The number of methoxy groups -OCH3 is 1. The molecular weight excluding hydrogens is 206 g/mol. The van der Waals surface area contributed by atoms with Gasteiger partial charge in [0.15, 0.2) is 0 Å². The number of nitrogens with zero attached hydrogens (tertiary/aromatic N) is 2. The lowest BCUT2D eigenvalue weighted by Crippen LogP contribution is -2.23. The van der Waals surface area contributed by atoms with Crippen molar-refractivity contribution in [3.8, 4) is 0 Å². The van der Waals surface area contributed by atoms with Crippen molar-refractivity contribution >= 4 is 6.09 Å². The normalized spacial score (nSPS) is 14.4. The van der Waals surface area contributed by atoms with Crippen molar-refractivity contribution in [2.75, 3.05) is 7.11 Å². The number of hydrogen-bond donors (Lipinski definition) is 1. The molecule has 0 saturated heterocycles. The second kappa shape index (κ2) is 4.55. The molecule has 1 aromatic rings. The number of nitrogens with one attached hydrogen (secondary N) is 1. The molecule has 2 rings (SSSR count). The molecule has 0 spiro atoms. The Hall–Kier alpha value is -1.52. The third-order valence-corrected chi connectivity index (χ3v) is 3.03. The van der Waals surface area contributed by atoms with Crippen LogP contribution in [0.2, 0.25) is 0 Å². The highest BCUT2D eigenvalue weighted by Crippen LogP contribution is 2.23. The highest BCUT2D eigenvalue weighted by molar-refractivity contribution is 5.66. The second-order valence-electron chi connectivity index (χ2n) is 4.05. The first-order valence-electron chi connectivity index (χ1n) is 5.58. The third-order valence-electron chi connectivity index (χ3n) is 3.03. The molecule has 0 aromatic carbocycles. The molecule has 1 amide bonds. The molecule has 0 radical (unpaired) electrons. The van der Waals surface area contributed by atoms with Crippen molar-refractivity contribution in [3.05, 3.63) is 17.0 Å². The standard InChI is InChI=1S/C11H17N3O2/c1-14-10-6-4-3-5-8(10)9(13-14)7-12-11(15)16-2/h3-7H2,1-2H3,(H,12,15). The van der Waals surface area contributed by atoms with Crippen LogP contribution in [0.4, 0.5) is 4.79 Å². The van der Waals surface area contributed by atoms with Gasteiger partial charge in [0.25, 0.3) is 0 Å². The number of fused-ring (bicyclic) bond motifs is 1. The van der Waals surface area contributed by atoms with Crippen LogP contribution in [0.15, 0.2) is 0 Å². The van der Waals surface area contributed by atoms with E-state index in [0.717, 1.165) is 18.5 Å². The Morgan fingerprint density at radius 2 is 2.25 bits per heavy atom. The Balaban J connectivity index is 2.12. The minimum absolute atomic E-state index is 0.407. The fourth-order valence-corrected chi connectivity index (χ4v) is 2.23. The van der Waals surface area contributed by atoms with Gasteiger partial charge in [-0.1, -0.05) is 0 Å². The van der Waals surface area contributed by atoms with Crippen LogP contribution < -0.4 is 5.32 Å². The first kappa shape index (κ1) is 11.0. The van der Waals surface area contributed by atoms with Crippen LogP contribution in [-0.2, 0) is 31.2 Å². The van der Waals surface area contributed by atoms with E-state index < -0.39 is 6.09 Å². The summed E-state index contributed by atoms with van der Waals surface area (Å²) in [6.07, 6.45) is 4.20. The van der Waals surface area contributed by atoms with Gasteiger partial charge in [-0.2, -0.15) is 5.10 Å². The fraction of sp³-hybridized carbons (Fsp3) is 0.636. The summed E-state index contributed by atoms with van der Waals surface area (Å²) in [4.78, 5) is 11.0. The van der Waals surface area contributed by atoms with E-state index in [1.54, 1.807) is 0 Å². The van der Waals surface area contributed by atoms with E-state index in [0.29, 0.717) is 6.54 Å². The first-order chi connectivity index (χ1) is 7.72. The Kier molecular flexibility index (Phi) is 3.12. The molecular formula is C11H17N3O2. The number of carbonyl (C=O) groups excluding carboxylic acids is 1. The van der Waals surface area contributed by atoms with Gasteiger partial charge in [-0.25, -0.2) is 4.79 Å². The molecule has 1 aliphatic carbocycles. The van der Waals surface area contributed by atoms with Crippen LogP contribution in [-0.4, -0.2) is 23.0 Å². The monoisotopic (exact) mass is 223 g/mol. The van der Waals surface area contributed by atoms with Crippen molar-refractivity contribution in [2.24, 2.45) is 7.05 Å². The fourth-order valence-electron chi connectivity index (χ4n) is 2.23. The molecule has 1 aliphatic rings. The van der Waals surface area contributed by atoms with Crippen LogP contribution in [0.1, 0.15) is 29.8 Å². The summed E-state index contributed by atoms with van der Waals surface area (Å²) in [7, 11) is 3.33. The Labute approximate surface area is 94.8 Å². The van der Waals surface area contributed by atoms with Gasteiger partial charge >= 0.3 is 6.09 Å². The number of ether oxygens (including phenoxy) is 1. The van der Waals surface area contributed by atoms with Gasteiger partial charge in [0.05, 0.1) is 19.3 Å². The van der Waals surface area contributed by atoms with Crippen molar-refractivity contribution in [1.29, 1.82) is 0 Å². The molecule has 0 saturated carbocycles. The average Bonchev–Trinajstić information content (AvgIpc) is 2.64. The van der Waals surface area contributed by atoms with Gasteiger partial charge in [0.2, 0.25) is 0 Å². The number of hydrogen-bond acceptors (Lipinski definition) is 3. The highest BCUT2D eigenvalue weighted by atomic mass is 16.5. The van der Waals surface area contributed by atoms with Crippen molar-refractivity contribution in [2.45, 2.75) is 32.2 Å². The van der Waals surface area contributed by atoms with Crippen LogP contribution in [0.5, 0.6) is 0 Å². The lowest BCUT2D eigenvalue weighted by atomic mass is 9.96. The molecule has 0 unspecified atom stereocenters. The van der Waals surface area contributed by atoms with Gasteiger partial charge < -0.3 is 10.1 Å². The van der Waals surface area contributed by atoms with E-state index in [4.69, 9.17) is 0 Å². The summed E-state index contributed by atoms with van der Waals surface area (Å²) < 4.78 is 6.47. The summed E-state index contributed by atoms with van der Waals surface area (Å²) in [6.45, 7) is 0.454. The number of alkyl carbamates (subject to hydrolysis) is 1. The maximum atomic E-state index is 11.0. The summed E-state index contributed by atoms with van der Waals surface area (Å²) in [5, 5.41) is 7.12. The van der Waals surface area contributed by atoms with E-state index in [9.17, 15) is 4.79 Å². The molecule has 5 heteroatoms. The lowest BCUT2D eigenvalue weighted by molar-refractivity contribution is 0.170. The number of carbonyl (C=O) groups is 1. The van der Waals surface area contributed by atoms with Crippen molar-refractivity contribution in [1.82, 2.24) is 15.1 Å². The van der Waals surface area contributed by atoms with Crippen LogP contribution >= 0.6 is 0 Å².